The highest BCUT2D eigenvalue weighted by Crippen LogP contribution is 2.28. The predicted molar refractivity (Wildman–Crippen MR) is 102 cm³/mol. The molecule has 0 bridgehead atoms. The van der Waals surface area contributed by atoms with Gasteiger partial charge in [-0.3, -0.25) is 4.79 Å². The number of carbonyl (C=O) groups is 1. The van der Waals surface area contributed by atoms with Crippen molar-refractivity contribution in [2.75, 3.05) is 0 Å². The number of allylic oxidation sites excluding steroid dienone is 1. The third-order valence-corrected chi connectivity index (χ3v) is 4.87. The summed E-state index contributed by atoms with van der Waals surface area (Å²) >= 11 is 13.4. The van der Waals surface area contributed by atoms with Crippen LogP contribution in [0.5, 0.6) is 5.75 Å². The second-order valence-electron chi connectivity index (χ2n) is 5.28. The first kappa shape index (κ1) is 17.8. The molecule has 0 unspecified atom stereocenters. The molecule has 2 aromatic heterocycles. The number of halogens is 2. The van der Waals surface area contributed by atoms with Crippen molar-refractivity contribution in [3.05, 3.63) is 79.9 Å². The van der Waals surface area contributed by atoms with E-state index in [0.717, 1.165) is 4.88 Å². The first-order chi connectivity index (χ1) is 12.0. The minimum atomic E-state index is -0.0414. The van der Waals surface area contributed by atoms with Crippen LogP contribution in [0.3, 0.4) is 0 Å². The number of rotatable bonds is 6. The number of thiophene rings is 1. The minimum absolute atomic E-state index is 0.0414. The van der Waals surface area contributed by atoms with Gasteiger partial charge in [-0.05, 0) is 61.5 Å². The molecule has 0 aliphatic carbocycles. The molecular formula is C19H14Cl2O3S. The average molecular weight is 393 g/mol. The Labute approximate surface area is 159 Å². The molecule has 25 heavy (non-hydrogen) atoms. The maximum atomic E-state index is 12.0. The van der Waals surface area contributed by atoms with E-state index in [1.165, 1.54) is 17.4 Å². The number of hydrogen-bond donors (Lipinski definition) is 0. The summed E-state index contributed by atoms with van der Waals surface area (Å²) in [4.78, 5) is 13.9. The monoisotopic (exact) mass is 392 g/mol. The molecule has 0 saturated carbocycles. The van der Waals surface area contributed by atoms with Gasteiger partial charge in [0.25, 0.3) is 0 Å². The van der Waals surface area contributed by atoms with Gasteiger partial charge in [0.15, 0.2) is 5.78 Å². The molecule has 0 saturated heterocycles. The van der Waals surface area contributed by atoms with Crippen LogP contribution in [-0.4, -0.2) is 5.78 Å². The van der Waals surface area contributed by atoms with Gasteiger partial charge in [-0.15, -0.1) is 11.3 Å². The molecule has 0 amide bonds. The van der Waals surface area contributed by atoms with E-state index in [9.17, 15) is 4.79 Å². The van der Waals surface area contributed by atoms with Crippen LogP contribution in [0.1, 0.15) is 26.1 Å². The number of benzene rings is 1. The van der Waals surface area contributed by atoms with Gasteiger partial charge in [0.1, 0.15) is 23.9 Å². The average Bonchev–Trinajstić information content (AvgIpc) is 3.21. The maximum Gasteiger partial charge on any atom is 0.195 e. The van der Waals surface area contributed by atoms with Crippen LogP contribution in [-0.2, 0) is 6.61 Å². The Morgan fingerprint density at radius 3 is 2.76 bits per heavy atom. The van der Waals surface area contributed by atoms with E-state index in [4.69, 9.17) is 32.4 Å². The van der Waals surface area contributed by atoms with E-state index in [2.05, 4.69) is 0 Å². The molecule has 0 N–H and O–H groups in total. The van der Waals surface area contributed by atoms with Gasteiger partial charge in [-0.1, -0.05) is 23.2 Å². The summed E-state index contributed by atoms with van der Waals surface area (Å²) in [6, 6.07) is 12.4. The van der Waals surface area contributed by atoms with Crippen LogP contribution >= 0.6 is 34.5 Å². The van der Waals surface area contributed by atoms with Crippen molar-refractivity contribution in [1.29, 1.82) is 0 Å². The molecule has 2 heterocycles. The van der Waals surface area contributed by atoms with Gasteiger partial charge >= 0.3 is 0 Å². The lowest BCUT2D eigenvalue weighted by Crippen LogP contribution is -1.94. The first-order valence-corrected chi connectivity index (χ1v) is 9.04. The molecule has 0 atom stereocenters. The highest BCUT2D eigenvalue weighted by atomic mass is 35.5. The van der Waals surface area contributed by atoms with E-state index in [0.29, 0.717) is 32.2 Å². The number of furan rings is 1. The Hall–Kier alpha value is -2.01. The number of hydrogen-bond acceptors (Lipinski definition) is 4. The van der Waals surface area contributed by atoms with Crippen molar-refractivity contribution < 1.29 is 13.9 Å². The molecule has 0 fully saturated rings. The molecule has 0 radical (unpaired) electrons. The Bertz CT molecular complexity index is 924. The third kappa shape index (κ3) is 4.75. The Balaban J connectivity index is 1.60. The summed E-state index contributed by atoms with van der Waals surface area (Å²) < 4.78 is 11.2. The minimum Gasteiger partial charge on any atom is -0.484 e. The molecule has 1 aromatic carbocycles. The number of ketones is 1. The van der Waals surface area contributed by atoms with Crippen LogP contribution in [0.15, 0.2) is 53.0 Å². The van der Waals surface area contributed by atoms with Gasteiger partial charge in [-0.25, -0.2) is 0 Å². The Kier molecular flexibility index (Phi) is 5.63. The number of aryl methyl sites for hydroxylation is 1. The lowest BCUT2D eigenvalue weighted by molar-refractivity contribution is 0.105. The lowest BCUT2D eigenvalue weighted by Gasteiger charge is -2.06. The van der Waals surface area contributed by atoms with E-state index in [1.807, 2.05) is 19.1 Å². The maximum absolute atomic E-state index is 12.0. The normalized spacial score (nSPS) is 11.2. The van der Waals surface area contributed by atoms with E-state index in [-0.39, 0.29) is 12.4 Å². The van der Waals surface area contributed by atoms with Gasteiger partial charge in [-0.2, -0.15) is 0 Å². The second-order valence-corrected chi connectivity index (χ2v) is 7.41. The zero-order valence-electron chi connectivity index (χ0n) is 13.3. The Morgan fingerprint density at radius 2 is 2.04 bits per heavy atom. The molecule has 0 aliphatic rings. The summed E-state index contributed by atoms with van der Waals surface area (Å²) in [7, 11) is 0. The van der Waals surface area contributed by atoms with Crippen molar-refractivity contribution >= 4 is 46.4 Å². The van der Waals surface area contributed by atoms with Crippen molar-refractivity contribution in [2.24, 2.45) is 0 Å². The lowest BCUT2D eigenvalue weighted by atomic mass is 10.3. The molecule has 3 nitrogen and oxygen atoms in total. The molecule has 3 rings (SSSR count). The number of ether oxygens (including phenoxy) is 1. The van der Waals surface area contributed by atoms with Gasteiger partial charge in [0.05, 0.1) is 9.90 Å². The summed E-state index contributed by atoms with van der Waals surface area (Å²) in [6.45, 7) is 2.20. The molecule has 6 heteroatoms. The number of carbonyl (C=O) groups excluding carboxylic acids is 1. The van der Waals surface area contributed by atoms with Crippen LogP contribution in [0.4, 0.5) is 0 Å². The second kappa shape index (κ2) is 7.91. The van der Waals surface area contributed by atoms with Crippen LogP contribution in [0.25, 0.3) is 6.08 Å². The van der Waals surface area contributed by atoms with Crippen molar-refractivity contribution in [3.63, 3.8) is 0 Å². The highest BCUT2D eigenvalue weighted by molar-refractivity contribution is 7.14. The zero-order valence-corrected chi connectivity index (χ0v) is 15.6. The van der Waals surface area contributed by atoms with Gasteiger partial charge < -0.3 is 9.15 Å². The zero-order chi connectivity index (χ0) is 17.8. The first-order valence-electron chi connectivity index (χ1n) is 7.47. The molecule has 3 aromatic rings. The summed E-state index contributed by atoms with van der Waals surface area (Å²) in [5, 5.41) is 0.990. The van der Waals surface area contributed by atoms with Gasteiger partial charge in [0, 0.05) is 9.90 Å². The predicted octanol–water partition coefficient (Wildman–Crippen LogP) is 6.43. The van der Waals surface area contributed by atoms with E-state index >= 15 is 0 Å². The molecule has 0 spiro atoms. The standard InChI is InChI=1S/C19H14Cl2O3S/c1-12-2-9-19(25-12)17(22)7-6-14-4-5-15(24-14)11-23-18-8-3-13(20)10-16(18)21/h2-10H,11H2,1H3/b7-6+. The van der Waals surface area contributed by atoms with Crippen LogP contribution < -0.4 is 4.74 Å². The quantitative estimate of drug-likeness (QED) is 0.358. The Morgan fingerprint density at radius 1 is 1.20 bits per heavy atom. The van der Waals surface area contributed by atoms with Crippen LogP contribution in [0.2, 0.25) is 10.0 Å². The van der Waals surface area contributed by atoms with Gasteiger partial charge in [0.2, 0.25) is 0 Å². The fraction of sp³-hybridized carbons (Fsp3) is 0.105. The molecular weight excluding hydrogens is 379 g/mol. The van der Waals surface area contributed by atoms with E-state index < -0.39 is 0 Å². The topological polar surface area (TPSA) is 39.4 Å². The van der Waals surface area contributed by atoms with E-state index in [1.54, 1.807) is 36.4 Å². The van der Waals surface area contributed by atoms with Crippen molar-refractivity contribution in [2.45, 2.75) is 13.5 Å². The summed E-state index contributed by atoms with van der Waals surface area (Å²) in [5.74, 6) is 1.70. The fourth-order valence-corrected chi connectivity index (χ4v) is 3.36. The molecule has 128 valence electrons. The SMILES string of the molecule is Cc1ccc(C(=O)/C=C/c2ccc(COc3ccc(Cl)cc3Cl)o2)s1. The summed E-state index contributed by atoms with van der Waals surface area (Å²) in [5.41, 5.74) is 0. The third-order valence-electron chi connectivity index (χ3n) is 3.33. The summed E-state index contributed by atoms with van der Waals surface area (Å²) in [6.07, 6.45) is 3.15. The fourth-order valence-electron chi connectivity index (χ4n) is 2.11. The highest BCUT2D eigenvalue weighted by Gasteiger charge is 2.07. The molecule has 0 aliphatic heterocycles. The van der Waals surface area contributed by atoms with Crippen LogP contribution in [0, 0.1) is 6.92 Å². The van der Waals surface area contributed by atoms with Crippen molar-refractivity contribution in [1.82, 2.24) is 0 Å². The van der Waals surface area contributed by atoms with Crippen molar-refractivity contribution in [3.8, 4) is 5.75 Å². The largest absolute Gasteiger partial charge is 0.484 e. The smallest absolute Gasteiger partial charge is 0.195 e.